The number of amides is 2. The smallest absolute Gasteiger partial charge is 0.326 e. The number of benzene rings is 1. The molecule has 1 aliphatic heterocycles. The van der Waals surface area contributed by atoms with Crippen LogP contribution < -0.4 is 0 Å². The molecule has 0 N–H and O–H groups in total. The number of ether oxygens (including phenoxy) is 1. The molecular formula is C17H10N4O7S. The van der Waals surface area contributed by atoms with Crippen LogP contribution in [0.3, 0.4) is 0 Å². The summed E-state index contributed by atoms with van der Waals surface area (Å²) in [4.78, 5) is 51.9. The zero-order valence-corrected chi connectivity index (χ0v) is 15.2. The molecule has 0 aliphatic carbocycles. The molecule has 4 rings (SSSR count). The van der Waals surface area contributed by atoms with Gasteiger partial charge in [0.05, 0.1) is 16.1 Å². The van der Waals surface area contributed by atoms with Gasteiger partial charge in [0, 0.05) is 11.4 Å². The fraction of sp³-hybridized carbons (Fsp3) is 0.118. The largest absolute Gasteiger partial charge is 0.456 e. The Bertz CT molecular complexity index is 1140. The summed E-state index contributed by atoms with van der Waals surface area (Å²) < 4.78 is 10.1. The van der Waals surface area contributed by atoms with Crippen LogP contribution in [0.1, 0.15) is 26.5 Å². The van der Waals surface area contributed by atoms with E-state index in [1.807, 2.05) is 10.8 Å². The number of aromatic nitrogens is 2. The SMILES string of the molecule is O=C(CN1C(=O)c2cccc([N+](=O)[O-])c2C1=O)OCc1noc(-c2ccsc2)n1. The number of fused-ring (bicyclic) bond motifs is 1. The number of nitro benzene ring substituents is 1. The lowest BCUT2D eigenvalue weighted by Crippen LogP contribution is -2.35. The van der Waals surface area contributed by atoms with Crippen molar-refractivity contribution in [2.45, 2.75) is 6.61 Å². The lowest BCUT2D eigenvalue weighted by molar-refractivity contribution is -0.385. The van der Waals surface area contributed by atoms with E-state index in [1.54, 1.807) is 6.07 Å². The molecule has 0 atom stereocenters. The first-order valence-corrected chi connectivity index (χ1v) is 9.04. The van der Waals surface area contributed by atoms with Crippen molar-refractivity contribution in [1.29, 1.82) is 0 Å². The Labute approximate surface area is 165 Å². The van der Waals surface area contributed by atoms with Crippen molar-refractivity contribution in [3.8, 4) is 11.5 Å². The molecule has 29 heavy (non-hydrogen) atoms. The highest BCUT2D eigenvalue weighted by atomic mass is 32.1. The Kier molecular flexibility index (Phi) is 4.60. The summed E-state index contributed by atoms with van der Waals surface area (Å²) in [6.07, 6.45) is 0. The third-order valence-electron chi connectivity index (χ3n) is 4.06. The number of carbonyl (C=O) groups excluding carboxylic acids is 3. The fourth-order valence-electron chi connectivity index (χ4n) is 2.75. The van der Waals surface area contributed by atoms with Crippen LogP contribution in [0.25, 0.3) is 11.5 Å². The second kappa shape index (κ2) is 7.24. The van der Waals surface area contributed by atoms with Gasteiger partial charge >= 0.3 is 5.97 Å². The standard InChI is InChI=1S/C17H10N4O7S/c22-13(27-7-12-18-15(28-19-12)9-4-5-29-8-9)6-20-16(23)10-2-1-3-11(21(25)26)14(10)17(20)24/h1-5,8H,6-7H2. The first kappa shape index (κ1) is 18.4. The van der Waals surface area contributed by atoms with Gasteiger partial charge in [-0.3, -0.25) is 29.4 Å². The van der Waals surface area contributed by atoms with Crippen LogP contribution in [0.15, 0.2) is 39.5 Å². The molecule has 1 aliphatic rings. The minimum absolute atomic E-state index is 0.109. The minimum Gasteiger partial charge on any atom is -0.456 e. The quantitative estimate of drug-likeness (QED) is 0.256. The van der Waals surface area contributed by atoms with Crippen LogP contribution in [0, 0.1) is 10.1 Å². The van der Waals surface area contributed by atoms with Crippen molar-refractivity contribution >= 4 is 34.8 Å². The van der Waals surface area contributed by atoms with Crippen molar-refractivity contribution in [3.05, 3.63) is 62.1 Å². The van der Waals surface area contributed by atoms with Crippen LogP contribution in [0.4, 0.5) is 5.69 Å². The summed E-state index contributed by atoms with van der Waals surface area (Å²) in [5, 5.41) is 18.4. The molecule has 0 bridgehead atoms. The van der Waals surface area contributed by atoms with Crippen molar-refractivity contribution < 1.29 is 28.6 Å². The summed E-state index contributed by atoms with van der Waals surface area (Å²) in [5.74, 6) is -2.25. The number of esters is 1. The molecule has 3 heterocycles. The summed E-state index contributed by atoms with van der Waals surface area (Å²) in [6.45, 7) is -1.02. The average Bonchev–Trinajstić information content (AvgIpc) is 3.43. The monoisotopic (exact) mass is 414 g/mol. The topological polar surface area (TPSA) is 146 Å². The summed E-state index contributed by atoms with van der Waals surface area (Å²) in [7, 11) is 0. The van der Waals surface area contributed by atoms with Crippen molar-refractivity contribution in [1.82, 2.24) is 15.0 Å². The zero-order valence-electron chi connectivity index (χ0n) is 14.4. The van der Waals surface area contributed by atoms with Crippen LogP contribution >= 0.6 is 11.3 Å². The number of nitro groups is 1. The number of imide groups is 1. The average molecular weight is 414 g/mol. The van der Waals surface area contributed by atoms with Crippen LogP contribution in [-0.4, -0.2) is 44.3 Å². The summed E-state index contributed by atoms with van der Waals surface area (Å²) in [5.41, 5.74) is -0.235. The maximum absolute atomic E-state index is 12.4. The van der Waals surface area contributed by atoms with E-state index in [-0.39, 0.29) is 29.4 Å². The van der Waals surface area contributed by atoms with Gasteiger partial charge in [-0.05, 0) is 17.5 Å². The first-order chi connectivity index (χ1) is 14.0. The lowest BCUT2D eigenvalue weighted by Gasteiger charge is -2.12. The molecule has 146 valence electrons. The Morgan fingerprint density at radius 1 is 1.28 bits per heavy atom. The first-order valence-electron chi connectivity index (χ1n) is 8.10. The molecule has 0 unspecified atom stereocenters. The molecule has 1 aromatic carbocycles. The molecule has 2 aromatic heterocycles. The summed E-state index contributed by atoms with van der Waals surface area (Å²) in [6, 6.07) is 5.49. The molecule has 3 aromatic rings. The predicted octanol–water partition coefficient (Wildman–Crippen LogP) is 2.05. The van der Waals surface area contributed by atoms with Gasteiger partial charge in [-0.15, -0.1) is 0 Å². The maximum Gasteiger partial charge on any atom is 0.326 e. The second-order valence-electron chi connectivity index (χ2n) is 5.84. The molecule has 2 amide bonds. The van der Waals surface area contributed by atoms with E-state index < -0.39 is 34.9 Å². The van der Waals surface area contributed by atoms with Crippen LogP contribution in [0.2, 0.25) is 0 Å². The minimum atomic E-state index is -0.923. The number of hydrogen-bond donors (Lipinski definition) is 0. The van der Waals surface area contributed by atoms with Gasteiger partial charge in [0.15, 0.2) is 6.61 Å². The Hall–Kier alpha value is -3.93. The van der Waals surface area contributed by atoms with E-state index in [4.69, 9.17) is 9.26 Å². The second-order valence-corrected chi connectivity index (χ2v) is 6.62. The Balaban J connectivity index is 1.41. The van der Waals surface area contributed by atoms with E-state index >= 15 is 0 Å². The maximum atomic E-state index is 12.4. The zero-order chi connectivity index (χ0) is 20.5. The van der Waals surface area contributed by atoms with E-state index in [2.05, 4.69) is 10.1 Å². The Morgan fingerprint density at radius 2 is 2.10 bits per heavy atom. The summed E-state index contributed by atoms with van der Waals surface area (Å²) >= 11 is 1.45. The molecule has 12 heteroatoms. The predicted molar refractivity (Wildman–Crippen MR) is 95.9 cm³/mol. The Morgan fingerprint density at radius 3 is 2.83 bits per heavy atom. The van der Waals surface area contributed by atoms with E-state index in [9.17, 15) is 24.5 Å². The number of thiophene rings is 1. The van der Waals surface area contributed by atoms with E-state index in [0.717, 1.165) is 11.6 Å². The van der Waals surface area contributed by atoms with Gasteiger partial charge in [0.1, 0.15) is 12.1 Å². The van der Waals surface area contributed by atoms with Gasteiger partial charge in [-0.2, -0.15) is 16.3 Å². The number of carbonyl (C=O) groups is 3. The van der Waals surface area contributed by atoms with Crippen molar-refractivity contribution in [3.63, 3.8) is 0 Å². The third kappa shape index (κ3) is 3.36. The molecule has 0 spiro atoms. The van der Waals surface area contributed by atoms with Gasteiger partial charge in [-0.1, -0.05) is 11.2 Å². The van der Waals surface area contributed by atoms with Gasteiger partial charge in [0.2, 0.25) is 5.82 Å². The molecular weight excluding hydrogens is 404 g/mol. The highest BCUT2D eigenvalue weighted by molar-refractivity contribution is 7.08. The fourth-order valence-corrected chi connectivity index (χ4v) is 3.38. The number of nitrogens with zero attached hydrogens (tertiary/aromatic N) is 4. The molecule has 0 saturated carbocycles. The number of rotatable bonds is 6. The van der Waals surface area contributed by atoms with Gasteiger partial charge in [0.25, 0.3) is 23.4 Å². The van der Waals surface area contributed by atoms with Gasteiger partial charge < -0.3 is 9.26 Å². The van der Waals surface area contributed by atoms with Gasteiger partial charge in [-0.25, -0.2) is 0 Å². The highest BCUT2D eigenvalue weighted by Crippen LogP contribution is 2.30. The molecule has 0 saturated heterocycles. The number of hydrogen-bond acceptors (Lipinski definition) is 10. The third-order valence-corrected chi connectivity index (χ3v) is 4.74. The molecule has 0 radical (unpaired) electrons. The molecule has 11 nitrogen and oxygen atoms in total. The van der Waals surface area contributed by atoms with E-state index in [0.29, 0.717) is 4.90 Å². The lowest BCUT2D eigenvalue weighted by atomic mass is 10.1. The highest BCUT2D eigenvalue weighted by Gasteiger charge is 2.41. The molecule has 0 fully saturated rings. The van der Waals surface area contributed by atoms with E-state index in [1.165, 1.54) is 23.5 Å². The van der Waals surface area contributed by atoms with Crippen molar-refractivity contribution in [2.75, 3.05) is 6.54 Å². The normalized spacial score (nSPS) is 12.9. The van der Waals surface area contributed by atoms with Crippen LogP contribution in [0.5, 0.6) is 0 Å². The van der Waals surface area contributed by atoms with Crippen LogP contribution in [-0.2, 0) is 16.1 Å². The van der Waals surface area contributed by atoms with Crippen molar-refractivity contribution in [2.24, 2.45) is 0 Å².